The summed E-state index contributed by atoms with van der Waals surface area (Å²) in [5.41, 5.74) is 5.38. The van der Waals surface area contributed by atoms with E-state index in [2.05, 4.69) is 26.6 Å². The molecule has 2 N–H and O–H groups in total. The van der Waals surface area contributed by atoms with Gasteiger partial charge >= 0.3 is 0 Å². The maximum absolute atomic E-state index is 11.7. The molecule has 4 rings (SSSR count). The summed E-state index contributed by atoms with van der Waals surface area (Å²) in [5.74, 6) is 2.09. The number of amides is 1. The lowest BCUT2D eigenvalue weighted by Gasteiger charge is -2.15. The molecule has 1 aliphatic heterocycles. The minimum Gasteiger partial charge on any atom is -0.496 e. The number of ether oxygens (including phenoxy) is 1. The number of aromatic amines is 1. The van der Waals surface area contributed by atoms with Crippen molar-refractivity contribution in [2.45, 2.75) is 32.7 Å². The first-order chi connectivity index (χ1) is 14.6. The molecular formula is C23H27N5O2. The summed E-state index contributed by atoms with van der Waals surface area (Å²) in [7, 11) is 1.70. The summed E-state index contributed by atoms with van der Waals surface area (Å²) in [4.78, 5) is 18.1. The Bertz CT molecular complexity index is 1050. The van der Waals surface area contributed by atoms with Gasteiger partial charge in [-0.1, -0.05) is 18.2 Å². The van der Waals surface area contributed by atoms with Crippen LogP contribution in [0.2, 0.25) is 0 Å². The van der Waals surface area contributed by atoms with E-state index in [4.69, 9.17) is 4.74 Å². The van der Waals surface area contributed by atoms with Crippen LogP contribution < -0.4 is 10.1 Å². The second-order valence-corrected chi connectivity index (χ2v) is 7.70. The Morgan fingerprint density at radius 2 is 2.23 bits per heavy atom. The summed E-state index contributed by atoms with van der Waals surface area (Å²) in [6, 6.07) is 10.1. The van der Waals surface area contributed by atoms with Gasteiger partial charge in [-0.3, -0.25) is 9.89 Å². The SMILES string of the molecule is COc1c(C)cccc1CNc1cc(-c2cn[nH]c2C2CCN(C(C)=O)C2)ccn1. The number of methoxy groups -OCH3 is 1. The van der Waals surface area contributed by atoms with E-state index in [0.717, 1.165) is 59.0 Å². The molecule has 0 radical (unpaired) electrons. The first-order valence-electron chi connectivity index (χ1n) is 10.2. The number of hydrogen-bond donors (Lipinski definition) is 2. The average molecular weight is 406 g/mol. The standard InChI is InChI=1S/C23H27N5O2/c1-15-5-4-6-18(23(15)30-3)12-25-21-11-17(7-9-24-21)20-13-26-27-22(20)19-8-10-28(14-19)16(2)29/h4-7,9,11,13,19H,8,10,12,14H2,1-3H3,(H,24,25)(H,26,27). The van der Waals surface area contributed by atoms with Crippen LogP contribution in [0.3, 0.4) is 0 Å². The maximum Gasteiger partial charge on any atom is 0.219 e. The molecule has 3 heterocycles. The summed E-state index contributed by atoms with van der Waals surface area (Å²) < 4.78 is 5.54. The van der Waals surface area contributed by atoms with E-state index in [1.165, 1.54) is 0 Å². The van der Waals surface area contributed by atoms with Crippen LogP contribution in [0.25, 0.3) is 11.1 Å². The highest BCUT2D eigenvalue weighted by atomic mass is 16.5. The van der Waals surface area contributed by atoms with E-state index in [9.17, 15) is 4.79 Å². The topological polar surface area (TPSA) is 83.1 Å². The molecule has 156 valence electrons. The number of nitrogens with one attached hydrogen (secondary N) is 2. The molecule has 7 nitrogen and oxygen atoms in total. The molecule has 0 saturated carbocycles. The number of carbonyl (C=O) groups is 1. The number of aryl methyl sites for hydroxylation is 1. The molecule has 1 amide bonds. The van der Waals surface area contributed by atoms with Crippen LogP contribution in [0, 0.1) is 6.92 Å². The van der Waals surface area contributed by atoms with E-state index in [0.29, 0.717) is 6.54 Å². The van der Waals surface area contributed by atoms with Crippen molar-refractivity contribution in [3.63, 3.8) is 0 Å². The van der Waals surface area contributed by atoms with Gasteiger partial charge in [0.15, 0.2) is 0 Å². The molecule has 30 heavy (non-hydrogen) atoms. The van der Waals surface area contributed by atoms with Gasteiger partial charge < -0.3 is 15.0 Å². The lowest BCUT2D eigenvalue weighted by atomic mass is 9.97. The second-order valence-electron chi connectivity index (χ2n) is 7.70. The third-order valence-corrected chi connectivity index (χ3v) is 5.74. The Labute approximate surface area is 176 Å². The number of para-hydroxylation sites is 1. The fourth-order valence-electron chi connectivity index (χ4n) is 4.14. The van der Waals surface area contributed by atoms with Gasteiger partial charge in [0.05, 0.1) is 13.3 Å². The van der Waals surface area contributed by atoms with Crippen LogP contribution in [-0.4, -0.2) is 46.2 Å². The van der Waals surface area contributed by atoms with Crippen molar-refractivity contribution in [3.05, 3.63) is 59.5 Å². The third kappa shape index (κ3) is 4.01. The molecule has 1 fully saturated rings. The van der Waals surface area contributed by atoms with Crippen molar-refractivity contribution in [1.82, 2.24) is 20.1 Å². The number of benzene rings is 1. The van der Waals surface area contributed by atoms with Gasteiger partial charge in [0, 0.05) is 55.5 Å². The highest BCUT2D eigenvalue weighted by Gasteiger charge is 2.28. The van der Waals surface area contributed by atoms with Crippen molar-refractivity contribution in [2.75, 3.05) is 25.5 Å². The van der Waals surface area contributed by atoms with Crippen LogP contribution in [0.5, 0.6) is 5.75 Å². The summed E-state index contributed by atoms with van der Waals surface area (Å²) in [5, 5.41) is 10.8. The van der Waals surface area contributed by atoms with Gasteiger partial charge in [-0.05, 0) is 36.6 Å². The normalized spacial score (nSPS) is 16.0. The predicted molar refractivity (Wildman–Crippen MR) is 116 cm³/mol. The molecule has 1 saturated heterocycles. The zero-order chi connectivity index (χ0) is 21.1. The van der Waals surface area contributed by atoms with Crippen molar-refractivity contribution in [3.8, 4) is 16.9 Å². The average Bonchev–Trinajstić information content (AvgIpc) is 3.42. The van der Waals surface area contributed by atoms with E-state index in [-0.39, 0.29) is 11.8 Å². The van der Waals surface area contributed by atoms with Gasteiger partial charge in [0.25, 0.3) is 0 Å². The highest BCUT2D eigenvalue weighted by molar-refractivity contribution is 5.74. The number of nitrogens with zero attached hydrogens (tertiary/aromatic N) is 3. The van der Waals surface area contributed by atoms with Crippen LogP contribution in [0.15, 0.2) is 42.7 Å². The van der Waals surface area contributed by atoms with Crippen molar-refractivity contribution < 1.29 is 9.53 Å². The number of anilines is 1. The van der Waals surface area contributed by atoms with E-state index < -0.39 is 0 Å². The van der Waals surface area contributed by atoms with Gasteiger partial charge in [-0.15, -0.1) is 0 Å². The lowest BCUT2D eigenvalue weighted by Crippen LogP contribution is -2.25. The third-order valence-electron chi connectivity index (χ3n) is 5.74. The Kier molecular flexibility index (Phi) is 5.70. The number of likely N-dealkylation sites (tertiary alicyclic amines) is 1. The van der Waals surface area contributed by atoms with E-state index >= 15 is 0 Å². The molecule has 0 bridgehead atoms. The first kappa shape index (κ1) is 19.9. The van der Waals surface area contributed by atoms with E-state index in [1.807, 2.05) is 42.3 Å². The van der Waals surface area contributed by atoms with Crippen molar-refractivity contribution >= 4 is 11.7 Å². The smallest absolute Gasteiger partial charge is 0.219 e. The van der Waals surface area contributed by atoms with Crippen molar-refractivity contribution in [1.29, 1.82) is 0 Å². The van der Waals surface area contributed by atoms with Gasteiger partial charge in [0.1, 0.15) is 11.6 Å². The molecule has 7 heteroatoms. The molecule has 1 unspecified atom stereocenters. The van der Waals surface area contributed by atoms with Gasteiger partial charge in [-0.25, -0.2) is 4.98 Å². The number of hydrogen-bond acceptors (Lipinski definition) is 5. The van der Waals surface area contributed by atoms with Crippen LogP contribution in [0.4, 0.5) is 5.82 Å². The molecule has 0 spiro atoms. The Morgan fingerprint density at radius 3 is 3.00 bits per heavy atom. The summed E-state index contributed by atoms with van der Waals surface area (Å²) in [6.07, 6.45) is 4.60. The minimum absolute atomic E-state index is 0.125. The van der Waals surface area contributed by atoms with Crippen molar-refractivity contribution in [2.24, 2.45) is 0 Å². The molecule has 1 aromatic carbocycles. The zero-order valence-electron chi connectivity index (χ0n) is 17.6. The zero-order valence-corrected chi connectivity index (χ0v) is 17.6. The Morgan fingerprint density at radius 1 is 1.37 bits per heavy atom. The summed E-state index contributed by atoms with van der Waals surface area (Å²) in [6.45, 7) is 5.81. The van der Waals surface area contributed by atoms with Gasteiger partial charge in [0.2, 0.25) is 5.91 Å². The first-order valence-corrected chi connectivity index (χ1v) is 10.2. The number of carbonyl (C=O) groups excluding carboxylic acids is 1. The largest absolute Gasteiger partial charge is 0.496 e. The minimum atomic E-state index is 0.125. The molecule has 1 atom stereocenters. The Hall–Kier alpha value is -3.35. The highest BCUT2D eigenvalue weighted by Crippen LogP contribution is 2.34. The fraction of sp³-hybridized carbons (Fsp3) is 0.348. The van der Waals surface area contributed by atoms with Crippen LogP contribution in [0.1, 0.15) is 36.1 Å². The number of H-pyrrole nitrogens is 1. The molecule has 2 aromatic heterocycles. The number of aromatic nitrogens is 3. The molecule has 0 aliphatic carbocycles. The maximum atomic E-state index is 11.7. The number of rotatable bonds is 6. The fourth-order valence-corrected chi connectivity index (χ4v) is 4.14. The quantitative estimate of drug-likeness (QED) is 0.653. The number of pyridine rings is 1. The Balaban J connectivity index is 1.52. The van der Waals surface area contributed by atoms with Crippen LogP contribution >= 0.6 is 0 Å². The molecular weight excluding hydrogens is 378 g/mol. The molecule has 1 aliphatic rings. The van der Waals surface area contributed by atoms with Crippen LogP contribution in [-0.2, 0) is 11.3 Å². The van der Waals surface area contributed by atoms with E-state index in [1.54, 1.807) is 20.2 Å². The second kappa shape index (κ2) is 8.57. The van der Waals surface area contributed by atoms with Gasteiger partial charge in [-0.2, -0.15) is 5.10 Å². The predicted octanol–water partition coefficient (Wildman–Crippen LogP) is 3.74. The summed E-state index contributed by atoms with van der Waals surface area (Å²) >= 11 is 0. The monoisotopic (exact) mass is 405 g/mol. The molecule has 3 aromatic rings. The lowest BCUT2D eigenvalue weighted by molar-refractivity contribution is -0.127.